The zero-order valence-corrected chi connectivity index (χ0v) is 22.1. The lowest BCUT2D eigenvalue weighted by Gasteiger charge is -2.46. The molecule has 7 nitrogen and oxygen atoms in total. The molecule has 2 N–H and O–H groups in total. The average molecular weight is 540 g/mol. The van der Waals surface area contributed by atoms with E-state index in [0.717, 1.165) is 30.7 Å². The molecule has 1 aliphatic heterocycles. The van der Waals surface area contributed by atoms with Crippen molar-refractivity contribution in [3.05, 3.63) is 76.4 Å². The van der Waals surface area contributed by atoms with E-state index in [9.17, 15) is 23.1 Å². The predicted octanol–water partition coefficient (Wildman–Crippen LogP) is 4.71. The van der Waals surface area contributed by atoms with Crippen molar-refractivity contribution in [3.63, 3.8) is 0 Å². The van der Waals surface area contributed by atoms with E-state index < -0.39 is 23.1 Å². The predicted molar refractivity (Wildman–Crippen MR) is 139 cm³/mol. The molecule has 2 aliphatic carbocycles. The second-order valence-electron chi connectivity index (χ2n) is 11.7. The number of nitrogens with zero attached hydrogens (tertiary/aromatic N) is 4. The molecule has 0 atom stereocenters. The van der Waals surface area contributed by atoms with Crippen LogP contribution in [0.2, 0.25) is 0 Å². The number of rotatable bonds is 7. The zero-order valence-electron chi connectivity index (χ0n) is 22.1. The molecule has 0 spiro atoms. The minimum Gasteiger partial charge on any atom is -0.396 e. The van der Waals surface area contributed by atoms with Crippen molar-refractivity contribution in [2.24, 2.45) is 13.0 Å². The van der Waals surface area contributed by atoms with Crippen LogP contribution < -0.4 is 10.2 Å². The van der Waals surface area contributed by atoms with Gasteiger partial charge in [-0.2, -0.15) is 13.2 Å². The van der Waals surface area contributed by atoms with Crippen LogP contribution in [0.25, 0.3) is 0 Å². The number of carbonyl (C=O) groups is 1. The molecule has 206 valence electrons. The van der Waals surface area contributed by atoms with Crippen molar-refractivity contribution in [2.45, 2.75) is 69.2 Å². The number of hydrogen-bond acceptors (Lipinski definition) is 5. The maximum atomic E-state index is 14.2. The Morgan fingerprint density at radius 2 is 1.95 bits per heavy atom. The number of fused-ring (bicyclic) bond motifs is 1. The van der Waals surface area contributed by atoms with Gasteiger partial charge in [-0.25, -0.2) is 0 Å². The summed E-state index contributed by atoms with van der Waals surface area (Å²) in [6, 6.07) is 10.2. The summed E-state index contributed by atoms with van der Waals surface area (Å²) < 4.78 is 44.4. The fourth-order valence-corrected chi connectivity index (χ4v) is 6.52. The van der Waals surface area contributed by atoms with Crippen molar-refractivity contribution in [1.82, 2.24) is 20.1 Å². The van der Waals surface area contributed by atoms with Crippen molar-refractivity contribution in [3.8, 4) is 0 Å². The summed E-state index contributed by atoms with van der Waals surface area (Å²) in [7, 11) is 1.87. The fourth-order valence-electron chi connectivity index (χ4n) is 6.52. The molecule has 0 unspecified atom stereocenters. The van der Waals surface area contributed by atoms with Gasteiger partial charge in [-0.3, -0.25) is 4.79 Å². The first kappa shape index (κ1) is 26.0. The molecule has 1 aromatic heterocycles. The van der Waals surface area contributed by atoms with E-state index in [0.29, 0.717) is 24.1 Å². The number of benzene rings is 2. The smallest absolute Gasteiger partial charge is 0.396 e. The molecule has 2 heterocycles. The van der Waals surface area contributed by atoms with Gasteiger partial charge in [-0.05, 0) is 85.9 Å². The van der Waals surface area contributed by atoms with Crippen molar-refractivity contribution in [2.75, 3.05) is 11.5 Å². The van der Waals surface area contributed by atoms with Gasteiger partial charge >= 0.3 is 6.18 Å². The topological polar surface area (TPSA) is 83.3 Å². The molecule has 0 radical (unpaired) electrons. The second-order valence-corrected chi connectivity index (χ2v) is 11.7. The molecular formula is C29H32F3N5O2. The van der Waals surface area contributed by atoms with Gasteiger partial charge in [0.2, 0.25) is 0 Å². The van der Waals surface area contributed by atoms with E-state index in [1.165, 1.54) is 11.0 Å². The van der Waals surface area contributed by atoms with E-state index in [1.807, 2.05) is 29.8 Å². The van der Waals surface area contributed by atoms with E-state index in [2.05, 4.69) is 22.4 Å². The van der Waals surface area contributed by atoms with Gasteiger partial charge in [0.1, 0.15) is 12.2 Å². The minimum atomic E-state index is -4.57. The summed E-state index contributed by atoms with van der Waals surface area (Å²) in [5.41, 5.74) is 0.728. The van der Waals surface area contributed by atoms with Crippen LogP contribution in [0.1, 0.15) is 77.5 Å². The van der Waals surface area contributed by atoms with Crippen LogP contribution in [0.5, 0.6) is 0 Å². The third-order valence-electron chi connectivity index (χ3n) is 8.97. The normalized spacial score (nSPS) is 23.9. The van der Waals surface area contributed by atoms with Gasteiger partial charge < -0.3 is 19.9 Å². The largest absolute Gasteiger partial charge is 0.416 e. The quantitative estimate of drug-likeness (QED) is 0.454. The van der Waals surface area contributed by atoms with Crippen molar-refractivity contribution in [1.29, 1.82) is 0 Å². The highest BCUT2D eigenvalue weighted by Gasteiger charge is 2.50. The number of hydrogen-bond donors (Lipinski definition) is 2. The molecule has 0 saturated heterocycles. The first-order chi connectivity index (χ1) is 18.5. The van der Waals surface area contributed by atoms with Gasteiger partial charge in [-0.1, -0.05) is 12.1 Å². The van der Waals surface area contributed by atoms with Crippen LogP contribution in [0, 0.1) is 5.92 Å². The Morgan fingerprint density at radius 1 is 1.18 bits per heavy atom. The number of aromatic nitrogens is 3. The van der Waals surface area contributed by atoms with Crippen LogP contribution >= 0.6 is 0 Å². The Morgan fingerprint density at radius 3 is 2.56 bits per heavy atom. The summed E-state index contributed by atoms with van der Waals surface area (Å²) in [6.45, 7) is 2.28. The summed E-state index contributed by atoms with van der Waals surface area (Å²) in [5.74, 6) is 0.447. The summed E-state index contributed by atoms with van der Waals surface area (Å²) in [4.78, 5) is 15.0. The number of alkyl halides is 3. The molecule has 3 aromatic rings. The molecule has 0 bridgehead atoms. The Hall–Kier alpha value is -3.24. The van der Waals surface area contributed by atoms with Crippen LogP contribution in [0.15, 0.2) is 42.7 Å². The molecular weight excluding hydrogens is 507 g/mol. The number of amides is 1. The van der Waals surface area contributed by atoms with E-state index in [4.69, 9.17) is 0 Å². The Balaban J connectivity index is 1.34. The van der Waals surface area contributed by atoms with Crippen molar-refractivity contribution < 1.29 is 23.1 Å². The molecule has 1 amide bonds. The summed E-state index contributed by atoms with van der Waals surface area (Å²) >= 11 is 0. The van der Waals surface area contributed by atoms with Crippen molar-refractivity contribution >= 4 is 11.6 Å². The third-order valence-corrected chi connectivity index (χ3v) is 8.97. The number of anilines is 1. The van der Waals surface area contributed by atoms with Gasteiger partial charge in [0.25, 0.3) is 5.91 Å². The number of nitrogens with one attached hydrogen (secondary N) is 1. The number of carbonyl (C=O) groups excluding carboxylic acids is 1. The number of aliphatic hydroxyl groups is 1. The molecule has 2 fully saturated rings. The molecule has 6 rings (SSSR count). The average Bonchev–Trinajstić information content (AvgIpc) is 3.44. The summed E-state index contributed by atoms with van der Waals surface area (Å²) in [6.07, 6.45) is 1.47. The lowest BCUT2D eigenvalue weighted by atomic mass is 9.58. The highest BCUT2D eigenvalue weighted by Crippen LogP contribution is 2.52. The SMILES string of the molecule is Cn1cnnc1[C@]1(c2cccc(N3Cc4c(cc(CNC5(C)CCC5)cc4C(F)(F)F)C3=O)c2)C[C@@H](CO)C1. The molecule has 2 saturated carbocycles. The van der Waals surface area contributed by atoms with Gasteiger partial charge in [0, 0.05) is 37.0 Å². The molecule has 39 heavy (non-hydrogen) atoms. The number of aryl methyl sites for hydroxylation is 1. The fraction of sp³-hybridized carbons (Fsp3) is 0.483. The van der Waals surface area contributed by atoms with E-state index >= 15 is 0 Å². The lowest BCUT2D eigenvalue weighted by molar-refractivity contribution is -0.138. The zero-order chi connectivity index (χ0) is 27.6. The molecule has 10 heteroatoms. The van der Waals surface area contributed by atoms with Crippen LogP contribution in [-0.4, -0.2) is 37.9 Å². The van der Waals surface area contributed by atoms with Crippen LogP contribution in [-0.2, 0) is 31.7 Å². The Bertz CT molecular complexity index is 1420. The van der Waals surface area contributed by atoms with E-state index in [1.54, 1.807) is 18.5 Å². The Kier molecular flexibility index (Phi) is 6.11. The second kappa shape index (κ2) is 9.16. The van der Waals surface area contributed by atoms with Gasteiger partial charge in [-0.15, -0.1) is 10.2 Å². The minimum absolute atomic E-state index is 0.0171. The maximum absolute atomic E-state index is 14.2. The maximum Gasteiger partial charge on any atom is 0.416 e. The standard InChI is InChI=1S/C29H32F3N5O2/c1-27(7-4-8-27)33-14-18-9-22-23(24(10-18)29(30,31)32)15-37(25(22)39)21-6-3-5-20(11-21)28(12-19(13-28)16-38)26-35-34-17-36(26)2/h3,5-6,9-11,17,19,33,38H,4,7-8,12-16H2,1-2H3/t19-,28-. The molecule has 2 aromatic carbocycles. The Labute approximate surface area is 225 Å². The highest BCUT2D eigenvalue weighted by molar-refractivity contribution is 6.10. The van der Waals surface area contributed by atoms with E-state index in [-0.39, 0.29) is 42.3 Å². The number of aliphatic hydroxyl groups excluding tert-OH is 1. The van der Waals surface area contributed by atoms with Gasteiger partial charge in [0.15, 0.2) is 0 Å². The van der Waals surface area contributed by atoms with Gasteiger partial charge in [0.05, 0.1) is 17.5 Å². The number of halogens is 3. The van der Waals surface area contributed by atoms with Crippen LogP contribution in [0.3, 0.4) is 0 Å². The van der Waals surface area contributed by atoms with Crippen LogP contribution in [0.4, 0.5) is 18.9 Å². The summed E-state index contributed by atoms with van der Waals surface area (Å²) in [5, 5.41) is 21.5. The molecule has 3 aliphatic rings. The highest BCUT2D eigenvalue weighted by atomic mass is 19.4. The first-order valence-electron chi connectivity index (χ1n) is 13.4. The first-order valence-corrected chi connectivity index (χ1v) is 13.4. The lowest BCUT2D eigenvalue weighted by Crippen LogP contribution is -2.47. The third kappa shape index (κ3) is 4.34. The monoisotopic (exact) mass is 539 g/mol.